The Morgan fingerprint density at radius 1 is 1.43 bits per heavy atom. The molecule has 0 radical (unpaired) electrons. The summed E-state index contributed by atoms with van der Waals surface area (Å²) in [7, 11) is 0. The van der Waals surface area contributed by atoms with E-state index in [1.54, 1.807) is 22.4 Å². The van der Waals surface area contributed by atoms with Crippen molar-refractivity contribution in [1.29, 1.82) is 0 Å². The van der Waals surface area contributed by atoms with E-state index in [1.807, 2.05) is 16.8 Å². The summed E-state index contributed by atoms with van der Waals surface area (Å²) >= 11 is 1.62. The van der Waals surface area contributed by atoms with Crippen molar-refractivity contribution in [2.24, 2.45) is 5.92 Å². The van der Waals surface area contributed by atoms with Crippen LogP contribution in [0.1, 0.15) is 30.0 Å². The van der Waals surface area contributed by atoms with E-state index in [4.69, 9.17) is 5.11 Å². The molecule has 2 aromatic heterocycles. The maximum atomic E-state index is 12.4. The molecule has 7 nitrogen and oxygen atoms in total. The standard InChI is InChI=1S/C15H18N4O3S/c20-14(2-1-10-3-4-23-9-10)19-7-11(5-15(21)22)12(8-19)13-6-16-18-17-13/h3-4,6,9,11-12H,1-2,5,7-8H2,(H,21,22)(H,16,17,18)/t11-,12+/m1/s1. The molecule has 23 heavy (non-hydrogen) atoms. The Bertz CT molecular complexity index is 656. The van der Waals surface area contributed by atoms with Crippen molar-refractivity contribution >= 4 is 23.2 Å². The van der Waals surface area contributed by atoms with Gasteiger partial charge in [-0.3, -0.25) is 9.59 Å². The molecule has 0 aliphatic carbocycles. The van der Waals surface area contributed by atoms with Gasteiger partial charge in [-0.05, 0) is 34.7 Å². The Morgan fingerprint density at radius 3 is 2.96 bits per heavy atom. The van der Waals surface area contributed by atoms with Gasteiger partial charge in [0.2, 0.25) is 5.91 Å². The third-order valence-corrected chi connectivity index (χ3v) is 4.98. The minimum atomic E-state index is -0.851. The zero-order valence-electron chi connectivity index (χ0n) is 12.5. The van der Waals surface area contributed by atoms with E-state index in [1.165, 1.54) is 0 Å². The van der Waals surface area contributed by atoms with Gasteiger partial charge in [-0.1, -0.05) is 0 Å². The van der Waals surface area contributed by atoms with Gasteiger partial charge in [0, 0.05) is 25.4 Å². The number of carboxylic acid groups (broad SMARTS) is 1. The number of aromatic nitrogens is 3. The first kappa shape index (κ1) is 15.7. The minimum absolute atomic E-state index is 0.0336. The lowest BCUT2D eigenvalue weighted by Gasteiger charge is -2.15. The highest BCUT2D eigenvalue weighted by Crippen LogP contribution is 2.33. The van der Waals surface area contributed by atoms with Crippen LogP contribution < -0.4 is 0 Å². The average molecular weight is 334 g/mol. The molecule has 122 valence electrons. The molecule has 0 spiro atoms. The maximum absolute atomic E-state index is 12.4. The molecule has 0 saturated carbocycles. The van der Waals surface area contributed by atoms with Crippen LogP contribution in [0.5, 0.6) is 0 Å². The predicted octanol–water partition coefficient (Wildman–Crippen LogP) is 1.52. The molecule has 2 N–H and O–H groups in total. The first-order chi connectivity index (χ1) is 11.1. The first-order valence-electron chi connectivity index (χ1n) is 7.50. The Labute approximate surface area is 137 Å². The van der Waals surface area contributed by atoms with Crippen LogP contribution in [0, 0.1) is 5.92 Å². The van der Waals surface area contributed by atoms with Crippen LogP contribution in [0.25, 0.3) is 0 Å². The van der Waals surface area contributed by atoms with Crippen molar-refractivity contribution < 1.29 is 14.7 Å². The molecule has 1 fully saturated rings. The number of aryl methyl sites for hydroxylation is 1. The fourth-order valence-electron chi connectivity index (χ4n) is 3.07. The number of carbonyl (C=O) groups is 2. The Morgan fingerprint density at radius 2 is 2.30 bits per heavy atom. The smallest absolute Gasteiger partial charge is 0.303 e. The van der Waals surface area contributed by atoms with Crippen LogP contribution >= 0.6 is 11.3 Å². The highest BCUT2D eigenvalue weighted by Gasteiger charge is 2.38. The molecule has 1 amide bonds. The number of rotatable bonds is 6. The van der Waals surface area contributed by atoms with Crippen molar-refractivity contribution in [3.8, 4) is 0 Å². The van der Waals surface area contributed by atoms with Crippen LogP contribution in [0.15, 0.2) is 23.0 Å². The number of amides is 1. The van der Waals surface area contributed by atoms with Gasteiger partial charge in [0.1, 0.15) is 0 Å². The lowest BCUT2D eigenvalue weighted by atomic mass is 9.91. The summed E-state index contributed by atoms with van der Waals surface area (Å²) < 4.78 is 0. The lowest BCUT2D eigenvalue weighted by Crippen LogP contribution is -2.29. The van der Waals surface area contributed by atoms with Crippen molar-refractivity contribution in [2.45, 2.75) is 25.2 Å². The van der Waals surface area contributed by atoms with E-state index >= 15 is 0 Å². The number of nitrogens with one attached hydrogen (secondary N) is 1. The van der Waals surface area contributed by atoms with Crippen molar-refractivity contribution in [3.63, 3.8) is 0 Å². The van der Waals surface area contributed by atoms with Crippen LogP contribution in [0.2, 0.25) is 0 Å². The lowest BCUT2D eigenvalue weighted by molar-refractivity contribution is -0.138. The number of aliphatic carboxylic acids is 1. The van der Waals surface area contributed by atoms with Gasteiger partial charge >= 0.3 is 5.97 Å². The first-order valence-corrected chi connectivity index (χ1v) is 8.44. The zero-order chi connectivity index (χ0) is 16.2. The molecule has 0 unspecified atom stereocenters. The van der Waals surface area contributed by atoms with E-state index in [9.17, 15) is 9.59 Å². The fraction of sp³-hybridized carbons (Fsp3) is 0.467. The van der Waals surface area contributed by atoms with E-state index in [-0.39, 0.29) is 24.2 Å². The molecule has 1 saturated heterocycles. The predicted molar refractivity (Wildman–Crippen MR) is 84.1 cm³/mol. The van der Waals surface area contributed by atoms with Crippen molar-refractivity contribution in [3.05, 3.63) is 34.3 Å². The van der Waals surface area contributed by atoms with E-state index in [0.717, 1.165) is 17.7 Å². The van der Waals surface area contributed by atoms with Gasteiger partial charge in [-0.25, -0.2) is 0 Å². The van der Waals surface area contributed by atoms with Gasteiger partial charge in [-0.15, -0.1) is 0 Å². The summed E-state index contributed by atoms with van der Waals surface area (Å²) in [5.74, 6) is -0.980. The van der Waals surface area contributed by atoms with Crippen LogP contribution in [0.3, 0.4) is 0 Å². The van der Waals surface area contributed by atoms with Gasteiger partial charge in [0.15, 0.2) is 0 Å². The number of likely N-dealkylation sites (tertiary alicyclic amines) is 1. The Balaban J connectivity index is 1.64. The molecule has 3 heterocycles. The summed E-state index contributed by atoms with van der Waals surface area (Å²) in [4.78, 5) is 25.3. The summed E-state index contributed by atoms with van der Waals surface area (Å²) in [6, 6.07) is 2.02. The van der Waals surface area contributed by atoms with Gasteiger partial charge in [-0.2, -0.15) is 26.7 Å². The second kappa shape index (κ2) is 6.91. The molecule has 3 rings (SSSR count). The van der Waals surface area contributed by atoms with E-state index in [2.05, 4.69) is 15.4 Å². The molecular weight excluding hydrogens is 316 g/mol. The molecule has 1 aliphatic rings. The van der Waals surface area contributed by atoms with Crippen molar-refractivity contribution in [1.82, 2.24) is 20.3 Å². The maximum Gasteiger partial charge on any atom is 0.303 e. The number of H-pyrrole nitrogens is 1. The number of carboxylic acids is 1. The molecule has 8 heteroatoms. The second-order valence-electron chi connectivity index (χ2n) is 5.79. The average Bonchev–Trinajstić information content (AvgIpc) is 3.25. The summed E-state index contributed by atoms with van der Waals surface area (Å²) in [5.41, 5.74) is 1.89. The van der Waals surface area contributed by atoms with E-state index in [0.29, 0.717) is 19.5 Å². The quantitative estimate of drug-likeness (QED) is 0.834. The molecule has 0 aromatic carbocycles. The Hall–Kier alpha value is -2.22. The molecule has 1 aliphatic heterocycles. The van der Waals surface area contributed by atoms with Gasteiger partial charge in [0.05, 0.1) is 18.3 Å². The summed E-state index contributed by atoms with van der Waals surface area (Å²) in [6.45, 7) is 0.971. The van der Waals surface area contributed by atoms with Crippen LogP contribution in [0.4, 0.5) is 0 Å². The zero-order valence-corrected chi connectivity index (χ0v) is 13.3. The topological polar surface area (TPSA) is 99.2 Å². The highest BCUT2D eigenvalue weighted by molar-refractivity contribution is 7.07. The minimum Gasteiger partial charge on any atom is -0.481 e. The fourth-order valence-corrected chi connectivity index (χ4v) is 3.78. The third kappa shape index (κ3) is 3.76. The number of thiophene rings is 1. The number of nitrogens with zero attached hydrogens (tertiary/aromatic N) is 3. The van der Waals surface area contributed by atoms with Crippen molar-refractivity contribution in [2.75, 3.05) is 13.1 Å². The number of hydrogen-bond acceptors (Lipinski definition) is 5. The largest absolute Gasteiger partial charge is 0.481 e. The number of carbonyl (C=O) groups excluding carboxylic acids is 1. The second-order valence-corrected chi connectivity index (χ2v) is 6.57. The molecule has 0 bridgehead atoms. The van der Waals surface area contributed by atoms with Crippen LogP contribution in [-0.2, 0) is 16.0 Å². The Kier molecular flexibility index (Phi) is 4.71. The normalized spacial score (nSPS) is 20.8. The molecule has 2 atom stereocenters. The van der Waals surface area contributed by atoms with E-state index < -0.39 is 5.97 Å². The van der Waals surface area contributed by atoms with Gasteiger partial charge in [0.25, 0.3) is 0 Å². The molecular formula is C15H18N4O3S. The number of aromatic amines is 1. The highest BCUT2D eigenvalue weighted by atomic mass is 32.1. The number of hydrogen-bond donors (Lipinski definition) is 2. The third-order valence-electron chi connectivity index (χ3n) is 4.25. The summed E-state index contributed by atoms with van der Waals surface area (Å²) in [5, 5.41) is 23.6. The monoisotopic (exact) mass is 334 g/mol. The SMILES string of the molecule is O=C(O)C[C@@H]1CN(C(=O)CCc2ccsc2)C[C@@H]1c1cn[nH]n1. The summed E-state index contributed by atoms with van der Waals surface area (Å²) in [6.07, 6.45) is 2.81. The molecule has 2 aromatic rings. The van der Waals surface area contributed by atoms with Crippen LogP contribution in [-0.4, -0.2) is 50.4 Å². The van der Waals surface area contributed by atoms with Gasteiger partial charge < -0.3 is 10.0 Å².